The van der Waals surface area contributed by atoms with Crippen LogP contribution in [0.4, 0.5) is 0 Å². The highest BCUT2D eigenvalue weighted by atomic mass is 16.2. The van der Waals surface area contributed by atoms with E-state index in [0.29, 0.717) is 18.9 Å². The summed E-state index contributed by atoms with van der Waals surface area (Å²) in [4.78, 5) is 13.5. The second-order valence-corrected chi connectivity index (χ2v) is 4.37. The van der Waals surface area contributed by atoms with Crippen molar-refractivity contribution < 1.29 is 4.79 Å². The van der Waals surface area contributed by atoms with Crippen LogP contribution in [0.15, 0.2) is 18.7 Å². The predicted octanol–water partition coefficient (Wildman–Crippen LogP) is 1.26. The Morgan fingerprint density at radius 2 is 2.44 bits per heavy atom. The van der Waals surface area contributed by atoms with Crippen LogP contribution >= 0.6 is 0 Å². The third-order valence-electron chi connectivity index (χ3n) is 3.09. The van der Waals surface area contributed by atoms with Crippen molar-refractivity contribution in [2.75, 3.05) is 6.54 Å². The summed E-state index contributed by atoms with van der Waals surface area (Å²) in [5, 5.41) is 4.36. The van der Waals surface area contributed by atoms with Gasteiger partial charge in [-0.25, -0.2) is 0 Å². The van der Waals surface area contributed by atoms with Crippen LogP contribution in [-0.2, 0) is 18.4 Å². The molecule has 0 saturated carbocycles. The fourth-order valence-electron chi connectivity index (χ4n) is 2.02. The quantitative estimate of drug-likeness (QED) is 0.718. The number of nitrogens with zero attached hydrogens (tertiary/aromatic N) is 3. The molecule has 16 heavy (non-hydrogen) atoms. The molecular formula is C12H17N3O. The minimum Gasteiger partial charge on any atom is -0.336 e. The van der Waals surface area contributed by atoms with E-state index in [2.05, 4.69) is 11.7 Å². The molecular weight excluding hydrogens is 202 g/mol. The summed E-state index contributed by atoms with van der Waals surface area (Å²) >= 11 is 0. The molecule has 1 aliphatic rings. The Labute approximate surface area is 95.5 Å². The molecule has 4 heteroatoms. The number of aryl methyl sites for hydroxylation is 2. The average Bonchev–Trinajstić information content (AvgIpc) is 2.73. The summed E-state index contributed by atoms with van der Waals surface area (Å²) in [6.45, 7) is 7.14. The maximum Gasteiger partial charge on any atom is 0.223 e. The number of carbonyl (C=O) groups excluding carboxylic acids is 1. The molecule has 0 bridgehead atoms. The largest absolute Gasteiger partial charge is 0.336 e. The monoisotopic (exact) mass is 219 g/mol. The zero-order valence-electron chi connectivity index (χ0n) is 9.81. The Morgan fingerprint density at radius 3 is 2.94 bits per heavy atom. The molecule has 0 N–H and O–H groups in total. The van der Waals surface area contributed by atoms with Crippen LogP contribution in [0, 0.1) is 12.8 Å². The van der Waals surface area contributed by atoms with Gasteiger partial charge in [0.05, 0.1) is 12.2 Å². The van der Waals surface area contributed by atoms with Crippen molar-refractivity contribution in [1.82, 2.24) is 14.7 Å². The second-order valence-electron chi connectivity index (χ2n) is 4.37. The van der Waals surface area contributed by atoms with E-state index in [-0.39, 0.29) is 5.91 Å². The van der Waals surface area contributed by atoms with Crippen molar-refractivity contribution in [1.29, 1.82) is 0 Å². The molecule has 1 unspecified atom stereocenters. The Bertz CT molecular complexity index is 402. The van der Waals surface area contributed by atoms with Crippen LogP contribution in [0.3, 0.4) is 0 Å². The van der Waals surface area contributed by atoms with E-state index in [4.69, 9.17) is 0 Å². The highest BCUT2D eigenvalue weighted by Crippen LogP contribution is 2.20. The lowest BCUT2D eigenvalue weighted by atomic mass is 10.1. The number of carbonyl (C=O) groups is 1. The van der Waals surface area contributed by atoms with E-state index in [0.717, 1.165) is 17.9 Å². The first kappa shape index (κ1) is 10.9. The normalized spacial score (nSPS) is 20.5. The number of amides is 1. The Morgan fingerprint density at radius 1 is 1.69 bits per heavy atom. The van der Waals surface area contributed by atoms with E-state index in [1.807, 2.05) is 35.7 Å². The molecule has 1 aromatic heterocycles. The van der Waals surface area contributed by atoms with Gasteiger partial charge in [-0.15, -0.1) is 6.58 Å². The molecule has 1 atom stereocenters. The first-order valence-corrected chi connectivity index (χ1v) is 5.50. The van der Waals surface area contributed by atoms with Crippen LogP contribution < -0.4 is 0 Å². The zero-order chi connectivity index (χ0) is 11.7. The van der Waals surface area contributed by atoms with Crippen molar-refractivity contribution >= 4 is 5.91 Å². The van der Waals surface area contributed by atoms with Crippen molar-refractivity contribution in [2.45, 2.75) is 19.9 Å². The Hall–Kier alpha value is -1.58. The number of hydrogen-bond acceptors (Lipinski definition) is 2. The fourth-order valence-corrected chi connectivity index (χ4v) is 2.02. The van der Waals surface area contributed by atoms with E-state index in [9.17, 15) is 4.79 Å². The highest BCUT2D eigenvalue weighted by molar-refractivity contribution is 5.78. The standard InChI is InChI=1S/C12H17N3O/c1-4-10-6-12(16)15(7-10)8-11-5-9(2)14(3)13-11/h4-5,10H,1,6-8H2,2-3H3. The highest BCUT2D eigenvalue weighted by Gasteiger charge is 2.27. The first-order chi connectivity index (χ1) is 7.60. The maximum atomic E-state index is 11.7. The van der Waals surface area contributed by atoms with Crippen molar-refractivity contribution in [3.05, 3.63) is 30.1 Å². The minimum atomic E-state index is 0.202. The zero-order valence-corrected chi connectivity index (χ0v) is 9.81. The van der Waals surface area contributed by atoms with E-state index in [1.54, 1.807) is 0 Å². The lowest BCUT2D eigenvalue weighted by Gasteiger charge is -2.13. The molecule has 2 heterocycles. The third kappa shape index (κ3) is 2.01. The molecule has 4 nitrogen and oxygen atoms in total. The van der Waals surface area contributed by atoms with E-state index < -0.39 is 0 Å². The van der Waals surface area contributed by atoms with Gasteiger partial charge in [0.25, 0.3) is 0 Å². The Balaban J connectivity index is 2.05. The van der Waals surface area contributed by atoms with Crippen molar-refractivity contribution in [2.24, 2.45) is 13.0 Å². The van der Waals surface area contributed by atoms with Gasteiger partial charge < -0.3 is 4.90 Å². The molecule has 0 radical (unpaired) electrons. The number of likely N-dealkylation sites (tertiary alicyclic amines) is 1. The van der Waals surface area contributed by atoms with Crippen LogP contribution in [0.1, 0.15) is 17.8 Å². The molecule has 0 aromatic carbocycles. The molecule has 2 rings (SSSR count). The molecule has 1 aliphatic heterocycles. The summed E-state index contributed by atoms with van der Waals surface area (Å²) in [6.07, 6.45) is 2.46. The minimum absolute atomic E-state index is 0.202. The number of rotatable bonds is 3. The van der Waals surface area contributed by atoms with Crippen LogP contribution in [0.5, 0.6) is 0 Å². The van der Waals surface area contributed by atoms with Gasteiger partial charge in [-0.2, -0.15) is 5.10 Å². The van der Waals surface area contributed by atoms with Gasteiger partial charge >= 0.3 is 0 Å². The topological polar surface area (TPSA) is 38.1 Å². The molecule has 0 spiro atoms. The summed E-state index contributed by atoms with van der Waals surface area (Å²) in [5.74, 6) is 0.505. The smallest absolute Gasteiger partial charge is 0.223 e. The molecule has 1 fully saturated rings. The summed E-state index contributed by atoms with van der Waals surface area (Å²) < 4.78 is 1.83. The van der Waals surface area contributed by atoms with Crippen LogP contribution in [-0.4, -0.2) is 27.1 Å². The number of aromatic nitrogens is 2. The van der Waals surface area contributed by atoms with Gasteiger partial charge in [0.2, 0.25) is 5.91 Å². The Kier molecular flexibility index (Phi) is 2.81. The van der Waals surface area contributed by atoms with Crippen LogP contribution in [0.25, 0.3) is 0 Å². The molecule has 1 aromatic rings. The predicted molar refractivity (Wildman–Crippen MR) is 61.7 cm³/mol. The first-order valence-electron chi connectivity index (χ1n) is 5.50. The third-order valence-corrected chi connectivity index (χ3v) is 3.09. The second kappa shape index (κ2) is 4.12. The van der Waals surface area contributed by atoms with Gasteiger partial charge in [-0.05, 0) is 13.0 Å². The van der Waals surface area contributed by atoms with Crippen molar-refractivity contribution in [3.8, 4) is 0 Å². The number of hydrogen-bond donors (Lipinski definition) is 0. The lowest BCUT2D eigenvalue weighted by molar-refractivity contribution is -0.128. The van der Waals surface area contributed by atoms with Crippen molar-refractivity contribution in [3.63, 3.8) is 0 Å². The molecule has 0 aliphatic carbocycles. The average molecular weight is 219 g/mol. The maximum absolute atomic E-state index is 11.7. The van der Waals surface area contributed by atoms with Gasteiger partial charge in [-0.3, -0.25) is 9.48 Å². The SMILES string of the molecule is C=CC1CC(=O)N(Cc2cc(C)n(C)n2)C1. The van der Waals surface area contributed by atoms with Gasteiger partial charge in [0.1, 0.15) is 0 Å². The summed E-state index contributed by atoms with van der Waals surface area (Å²) in [6, 6.07) is 2.02. The lowest BCUT2D eigenvalue weighted by Crippen LogP contribution is -2.24. The fraction of sp³-hybridized carbons (Fsp3) is 0.500. The van der Waals surface area contributed by atoms with Crippen LogP contribution in [0.2, 0.25) is 0 Å². The molecule has 1 saturated heterocycles. The van der Waals surface area contributed by atoms with Gasteiger partial charge in [0, 0.05) is 31.6 Å². The van der Waals surface area contributed by atoms with E-state index >= 15 is 0 Å². The summed E-state index contributed by atoms with van der Waals surface area (Å²) in [7, 11) is 1.91. The van der Waals surface area contributed by atoms with Gasteiger partial charge in [-0.1, -0.05) is 6.08 Å². The van der Waals surface area contributed by atoms with Gasteiger partial charge in [0.15, 0.2) is 0 Å². The molecule has 86 valence electrons. The molecule has 1 amide bonds. The summed E-state index contributed by atoms with van der Waals surface area (Å²) in [5.41, 5.74) is 2.07. The van der Waals surface area contributed by atoms with E-state index in [1.165, 1.54) is 0 Å².